The second-order valence-electron chi connectivity index (χ2n) is 5.90. The molecule has 1 N–H and O–H groups in total. The molecule has 0 aliphatic heterocycles. The van der Waals surface area contributed by atoms with E-state index in [1.54, 1.807) is 12.1 Å². The Kier molecular flexibility index (Phi) is 7.33. The van der Waals surface area contributed by atoms with E-state index >= 15 is 0 Å². The van der Waals surface area contributed by atoms with Crippen molar-refractivity contribution in [1.82, 2.24) is 0 Å². The fourth-order valence-corrected chi connectivity index (χ4v) is 2.61. The van der Waals surface area contributed by atoms with Gasteiger partial charge in [0, 0.05) is 30.0 Å². The lowest BCUT2D eigenvalue weighted by Crippen LogP contribution is -2.21. The first-order chi connectivity index (χ1) is 12.2. The standard InChI is InChI=1S/C21H28N2O2/c1-4-7-15-25-20-10-8-9-17(16-20)21(24)22-18-11-13-19(14-12-18)23(5-2)6-3/h8-14,16H,4-7,15H2,1-3H3,(H,22,24). The Balaban J connectivity index is 2.00. The Labute approximate surface area is 150 Å². The van der Waals surface area contributed by atoms with Gasteiger partial charge in [-0.15, -0.1) is 0 Å². The molecule has 25 heavy (non-hydrogen) atoms. The van der Waals surface area contributed by atoms with Gasteiger partial charge in [0.15, 0.2) is 0 Å². The normalized spacial score (nSPS) is 10.4. The first kappa shape index (κ1) is 18.8. The highest BCUT2D eigenvalue weighted by molar-refractivity contribution is 6.04. The lowest BCUT2D eigenvalue weighted by molar-refractivity contribution is 0.102. The second-order valence-corrected chi connectivity index (χ2v) is 5.90. The zero-order valence-corrected chi connectivity index (χ0v) is 15.4. The summed E-state index contributed by atoms with van der Waals surface area (Å²) >= 11 is 0. The lowest BCUT2D eigenvalue weighted by Gasteiger charge is -2.21. The Bertz CT molecular complexity index is 664. The molecule has 0 saturated carbocycles. The van der Waals surface area contributed by atoms with E-state index in [-0.39, 0.29) is 5.91 Å². The van der Waals surface area contributed by atoms with Crippen LogP contribution in [0.1, 0.15) is 44.0 Å². The van der Waals surface area contributed by atoms with Crippen molar-refractivity contribution in [3.63, 3.8) is 0 Å². The van der Waals surface area contributed by atoms with Gasteiger partial charge in [0.1, 0.15) is 5.75 Å². The molecule has 0 unspecified atom stereocenters. The molecular weight excluding hydrogens is 312 g/mol. The zero-order valence-electron chi connectivity index (χ0n) is 15.4. The van der Waals surface area contributed by atoms with Crippen LogP contribution >= 0.6 is 0 Å². The van der Waals surface area contributed by atoms with Crippen LogP contribution in [-0.2, 0) is 0 Å². The quantitative estimate of drug-likeness (QED) is 0.656. The number of nitrogens with zero attached hydrogens (tertiary/aromatic N) is 1. The third-order valence-corrected chi connectivity index (χ3v) is 4.12. The average molecular weight is 340 g/mol. The third-order valence-electron chi connectivity index (χ3n) is 4.12. The van der Waals surface area contributed by atoms with Crippen LogP contribution in [0.3, 0.4) is 0 Å². The van der Waals surface area contributed by atoms with E-state index in [2.05, 4.69) is 31.0 Å². The molecule has 0 aliphatic rings. The van der Waals surface area contributed by atoms with E-state index in [4.69, 9.17) is 4.74 Å². The van der Waals surface area contributed by atoms with Gasteiger partial charge >= 0.3 is 0 Å². The van der Waals surface area contributed by atoms with Crippen LogP contribution in [0.25, 0.3) is 0 Å². The molecule has 4 nitrogen and oxygen atoms in total. The number of carbonyl (C=O) groups excluding carboxylic acids is 1. The summed E-state index contributed by atoms with van der Waals surface area (Å²) in [6.45, 7) is 9.00. The van der Waals surface area contributed by atoms with Gasteiger partial charge in [0.05, 0.1) is 6.61 Å². The Morgan fingerprint density at radius 2 is 1.76 bits per heavy atom. The molecule has 2 aromatic rings. The number of ether oxygens (including phenoxy) is 1. The maximum Gasteiger partial charge on any atom is 0.255 e. The van der Waals surface area contributed by atoms with Crippen molar-refractivity contribution in [3.05, 3.63) is 54.1 Å². The van der Waals surface area contributed by atoms with Crippen LogP contribution in [0.2, 0.25) is 0 Å². The third kappa shape index (κ3) is 5.52. The Morgan fingerprint density at radius 1 is 1.04 bits per heavy atom. The lowest BCUT2D eigenvalue weighted by atomic mass is 10.2. The van der Waals surface area contributed by atoms with Crippen LogP contribution < -0.4 is 15.0 Å². The van der Waals surface area contributed by atoms with E-state index < -0.39 is 0 Å². The van der Waals surface area contributed by atoms with Crippen molar-refractivity contribution >= 4 is 17.3 Å². The number of carbonyl (C=O) groups is 1. The minimum Gasteiger partial charge on any atom is -0.494 e. The fraction of sp³-hybridized carbons (Fsp3) is 0.381. The number of nitrogens with one attached hydrogen (secondary N) is 1. The van der Waals surface area contributed by atoms with Gasteiger partial charge in [-0.2, -0.15) is 0 Å². The van der Waals surface area contributed by atoms with Gasteiger partial charge in [-0.3, -0.25) is 4.79 Å². The molecule has 4 heteroatoms. The topological polar surface area (TPSA) is 41.6 Å². The predicted molar refractivity (Wildman–Crippen MR) is 105 cm³/mol. The summed E-state index contributed by atoms with van der Waals surface area (Å²) in [6, 6.07) is 15.3. The highest BCUT2D eigenvalue weighted by Crippen LogP contribution is 2.19. The van der Waals surface area contributed by atoms with Gasteiger partial charge in [-0.25, -0.2) is 0 Å². The second kappa shape index (κ2) is 9.72. The summed E-state index contributed by atoms with van der Waals surface area (Å²) in [5.74, 6) is 0.606. The van der Waals surface area contributed by atoms with Crippen molar-refractivity contribution in [1.29, 1.82) is 0 Å². The van der Waals surface area contributed by atoms with Crippen LogP contribution in [0.15, 0.2) is 48.5 Å². The molecule has 0 saturated heterocycles. The minimum atomic E-state index is -0.128. The van der Waals surface area contributed by atoms with Crippen molar-refractivity contribution in [2.75, 3.05) is 29.9 Å². The molecule has 0 aromatic heterocycles. The maximum absolute atomic E-state index is 12.5. The van der Waals surface area contributed by atoms with E-state index in [0.29, 0.717) is 12.2 Å². The van der Waals surface area contributed by atoms with Crippen molar-refractivity contribution in [3.8, 4) is 5.75 Å². The molecule has 0 fully saturated rings. The number of hydrogen-bond donors (Lipinski definition) is 1. The summed E-state index contributed by atoms with van der Waals surface area (Å²) < 4.78 is 5.67. The van der Waals surface area contributed by atoms with Gasteiger partial charge < -0.3 is 15.0 Å². The highest BCUT2D eigenvalue weighted by Gasteiger charge is 2.08. The summed E-state index contributed by atoms with van der Waals surface area (Å²) in [5.41, 5.74) is 2.55. The first-order valence-electron chi connectivity index (χ1n) is 9.07. The van der Waals surface area contributed by atoms with E-state index in [0.717, 1.165) is 43.1 Å². The first-order valence-corrected chi connectivity index (χ1v) is 9.07. The van der Waals surface area contributed by atoms with Crippen molar-refractivity contribution in [2.45, 2.75) is 33.6 Å². The Morgan fingerprint density at radius 3 is 2.40 bits per heavy atom. The predicted octanol–water partition coefficient (Wildman–Crippen LogP) is 4.96. The Hall–Kier alpha value is -2.49. The van der Waals surface area contributed by atoms with Crippen molar-refractivity contribution in [2.24, 2.45) is 0 Å². The van der Waals surface area contributed by atoms with Crippen molar-refractivity contribution < 1.29 is 9.53 Å². The summed E-state index contributed by atoms with van der Waals surface area (Å²) in [5, 5.41) is 2.94. The van der Waals surface area contributed by atoms with E-state index in [1.807, 2.05) is 36.4 Å². The highest BCUT2D eigenvalue weighted by atomic mass is 16.5. The molecule has 1 amide bonds. The number of benzene rings is 2. The summed E-state index contributed by atoms with van der Waals surface area (Å²) in [4.78, 5) is 14.7. The molecule has 0 spiro atoms. The van der Waals surface area contributed by atoms with Gasteiger partial charge in [0.25, 0.3) is 5.91 Å². The number of hydrogen-bond acceptors (Lipinski definition) is 3. The maximum atomic E-state index is 12.5. The van der Waals surface area contributed by atoms with E-state index in [1.165, 1.54) is 0 Å². The molecule has 0 heterocycles. The van der Waals surface area contributed by atoms with Crippen LogP contribution in [-0.4, -0.2) is 25.6 Å². The van der Waals surface area contributed by atoms with Crippen LogP contribution in [0.4, 0.5) is 11.4 Å². The molecular formula is C21H28N2O2. The summed E-state index contributed by atoms with van der Waals surface area (Å²) in [7, 11) is 0. The molecule has 0 bridgehead atoms. The monoisotopic (exact) mass is 340 g/mol. The van der Waals surface area contributed by atoms with Gasteiger partial charge in [-0.05, 0) is 62.7 Å². The van der Waals surface area contributed by atoms with Gasteiger partial charge in [0.2, 0.25) is 0 Å². The largest absolute Gasteiger partial charge is 0.494 e. The van der Waals surface area contributed by atoms with E-state index in [9.17, 15) is 4.79 Å². The molecule has 0 radical (unpaired) electrons. The smallest absolute Gasteiger partial charge is 0.255 e. The number of anilines is 2. The van der Waals surface area contributed by atoms with Gasteiger partial charge in [-0.1, -0.05) is 19.4 Å². The zero-order chi connectivity index (χ0) is 18.1. The summed E-state index contributed by atoms with van der Waals surface area (Å²) in [6.07, 6.45) is 2.10. The molecule has 2 aromatic carbocycles. The van der Waals surface area contributed by atoms with Crippen LogP contribution in [0.5, 0.6) is 5.75 Å². The number of unbranched alkanes of at least 4 members (excludes halogenated alkanes) is 1. The fourth-order valence-electron chi connectivity index (χ4n) is 2.61. The molecule has 0 atom stereocenters. The number of rotatable bonds is 9. The van der Waals surface area contributed by atoms with Crippen LogP contribution in [0, 0.1) is 0 Å². The minimum absolute atomic E-state index is 0.128. The molecule has 134 valence electrons. The molecule has 2 rings (SSSR count). The number of amides is 1. The average Bonchev–Trinajstić information content (AvgIpc) is 2.64. The molecule has 0 aliphatic carbocycles. The SMILES string of the molecule is CCCCOc1cccc(C(=O)Nc2ccc(N(CC)CC)cc2)c1.